The molecule has 0 heterocycles. The van der Waals surface area contributed by atoms with Crippen molar-refractivity contribution in [3.8, 4) is 11.5 Å². The number of rotatable bonds is 1. The molecule has 0 saturated carbocycles. The number of phenolic OH excluding ortho intramolecular Hbond substituents is 1. The molecule has 11 heteroatoms. The lowest BCUT2D eigenvalue weighted by molar-refractivity contribution is -0.00963. The Bertz CT molecular complexity index is 1080. The molecule has 0 aromatic heterocycles. The highest BCUT2D eigenvalue weighted by atomic mass is 19.3. The second-order valence-electron chi connectivity index (χ2n) is 4.77. The number of aromatic hydroxyl groups is 1. The lowest BCUT2D eigenvalue weighted by atomic mass is 9.98. The van der Waals surface area contributed by atoms with Crippen LogP contribution in [-0.4, -0.2) is 5.11 Å². The Morgan fingerprint density at radius 3 is 1.44 bits per heavy atom. The molecule has 0 spiro atoms. The van der Waals surface area contributed by atoms with Crippen LogP contribution in [0.2, 0.25) is 0 Å². The second-order valence-corrected chi connectivity index (χ2v) is 4.77. The SMILES string of the molecule is Oc1c(F)c(F)c(F)c2c(F)c3c(F)c(F)c(F)c(OF)c3c(F)c12. The summed E-state index contributed by atoms with van der Waals surface area (Å²) in [5.41, 5.74) is 0. The van der Waals surface area contributed by atoms with E-state index < -0.39 is 79.6 Å². The van der Waals surface area contributed by atoms with Gasteiger partial charge in [-0.1, -0.05) is 0 Å². The summed E-state index contributed by atoms with van der Waals surface area (Å²) in [6.45, 7) is 0. The Hall–Kier alpha value is -2.85. The van der Waals surface area contributed by atoms with E-state index in [9.17, 15) is 44.8 Å². The number of benzene rings is 3. The number of halogens is 9. The standard InChI is InChI=1S/C14HF9O2/c15-5-1-3(13(24)11(21)9(19)7(1)17)6(16)4-2(5)8(18)10(20)12(22)14(4)25-23/h24H. The number of hydrogen-bond acceptors (Lipinski definition) is 2. The number of phenols is 1. The van der Waals surface area contributed by atoms with E-state index in [4.69, 9.17) is 0 Å². The molecular weight excluding hydrogens is 371 g/mol. The smallest absolute Gasteiger partial charge is 0.221 e. The first-order valence-corrected chi connectivity index (χ1v) is 6.09. The van der Waals surface area contributed by atoms with Crippen molar-refractivity contribution in [2.45, 2.75) is 0 Å². The molecule has 0 aliphatic heterocycles. The van der Waals surface area contributed by atoms with Crippen LogP contribution in [0, 0.1) is 46.5 Å². The minimum absolute atomic E-state index is 1.69. The molecule has 0 saturated heterocycles. The average molecular weight is 372 g/mol. The van der Waals surface area contributed by atoms with E-state index in [1.165, 1.54) is 0 Å². The molecule has 0 amide bonds. The van der Waals surface area contributed by atoms with Crippen LogP contribution in [0.3, 0.4) is 0 Å². The Balaban J connectivity index is 2.81. The van der Waals surface area contributed by atoms with Crippen molar-refractivity contribution in [3.63, 3.8) is 0 Å². The van der Waals surface area contributed by atoms with Gasteiger partial charge in [0.05, 0.1) is 21.5 Å². The van der Waals surface area contributed by atoms with E-state index >= 15 is 0 Å². The van der Waals surface area contributed by atoms with Crippen LogP contribution < -0.4 is 4.94 Å². The molecule has 0 aliphatic carbocycles. The molecule has 3 aromatic carbocycles. The van der Waals surface area contributed by atoms with Gasteiger partial charge in [-0.3, -0.25) is 4.94 Å². The normalized spacial score (nSPS) is 11.6. The fourth-order valence-electron chi connectivity index (χ4n) is 2.44. The van der Waals surface area contributed by atoms with Crippen LogP contribution in [0.1, 0.15) is 0 Å². The van der Waals surface area contributed by atoms with E-state index in [2.05, 4.69) is 4.94 Å². The molecule has 0 unspecified atom stereocenters. The Labute approximate surface area is 130 Å². The van der Waals surface area contributed by atoms with Gasteiger partial charge in [0, 0.05) is 4.53 Å². The van der Waals surface area contributed by atoms with Gasteiger partial charge in [-0.15, -0.1) is 0 Å². The van der Waals surface area contributed by atoms with Crippen LogP contribution in [0.4, 0.5) is 39.6 Å². The van der Waals surface area contributed by atoms with Gasteiger partial charge >= 0.3 is 0 Å². The van der Waals surface area contributed by atoms with Gasteiger partial charge in [0.25, 0.3) is 0 Å². The van der Waals surface area contributed by atoms with Crippen molar-refractivity contribution in [3.05, 3.63) is 46.5 Å². The monoisotopic (exact) mass is 372 g/mol. The summed E-state index contributed by atoms with van der Waals surface area (Å²) >= 11 is 0. The Kier molecular flexibility index (Phi) is 3.62. The van der Waals surface area contributed by atoms with Crippen LogP contribution in [0.25, 0.3) is 21.5 Å². The fraction of sp³-hybridized carbons (Fsp3) is 0. The summed E-state index contributed by atoms with van der Waals surface area (Å²) in [5, 5.41) is 2.35. The first kappa shape index (κ1) is 17.0. The van der Waals surface area contributed by atoms with E-state index in [-0.39, 0.29) is 0 Å². The van der Waals surface area contributed by atoms with Crippen molar-refractivity contribution in [1.29, 1.82) is 0 Å². The molecule has 0 fully saturated rings. The number of hydrogen-bond donors (Lipinski definition) is 1. The van der Waals surface area contributed by atoms with Crippen molar-refractivity contribution >= 4 is 21.5 Å². The van der Waals surface area contributed by atoms with E-state index in [0.717, 1.165) is 0 Å². The third-order valence-corrected chi connectivity index (χ3v) is 3.54. The molecule has 25 heavy (non-hydrogen) atoms. The summed E-state index contributed by atoms with van der Waals surface area (Å²) < 4.78 is 122. The zero-order valence-corrected chi connectivity index (χ0v) is 11.3. The summed E-state index contributed by atoms with van der Waals surface area (Å²) in [7, 11) is 0. The van der Waals surface area contributed by atoms with Crippen LogP contribution in [-0.2, 0) is 0 Å². The Morgan fingerprint density at radius 1 is 0.480 bits per heavy atom. The third-order valence-electron chi connectivity index (χ3n) is 3.54. The lowest BCUT2D eigenvalue weighted by Crippen LogP contribution is -2.04. The van der Waals surface area contributed by atoms with Crippen LogP contribution >= 0.6 is 0 Å². The summed E-state index contributed by atoms with van der Waals surface area (Å²) in [6.07, 6.45) is 0. The zero-order chi connectivity index (χ0) is 18.8. The topological polar surface area (TPSA) is 29.5 Å². The minimum atomic E-state index is -2.50. The van der Waals surface area contributed by atoms with Gasteiger partial charge < -0.3 is 5.11 Å². The predicted octanol–water partition coefficient (Wildman–Crippen LogP) is 5.07. The van der Waals surface area contributed by atoms with E-state index in [0.29, 0.717) is 0 Å². The van der Waals surface area contributed by atoms with Gasteiger partial charge in [0.2, 0.25) is 17.4 Å². The maximum absolute atomic E-state index is 14.5. The highest BCUT2D eigenvalue weighted by molar-refractivity contribution is 6.05. The molecule has 1 N–H and O–H groups in total. The van der Waals surface area contributed by atoms with Crippen molar-refractivity contribution in [1.82, 2.24) is 0 Å². The molecule has 0 atom stereocenters. The van der Waals surface area contributed by atoms with Gasteiger partial charge in [-0.05, 0) is 0 Å². The molecule has 2 nitrogen and oxygen atoms in total. The Morgan fingerprint density at radius 2 is 0.920 bits per heavy atom. The second kappa shape index (κ2) is 5.33. The third kappa shape index (κ3) is 1.94. The van der Waals surface area contributed by atoms with E-state index in [1.807, 2.05) is 0 Å². The molecule has 0 aliphatic rings. The van der Waals surface area contributed by atoms with Crippen LogP contribution in [0.5, 0.6) is 11.5 Å². The van der Waals surface area contributed by atoms with E-state index in [1.54, 1.807) is 0 Å². The largest absolute Gasteiger partial charge is 0.504 e. The summed E-state index contributed by atoms with van der Waals surface area (Å²) in [4.78, 5) is 2.87. The lowest BCUT2D eigenvalue weighted by Gasteiger charge is -2.13. The number of fused-ring (bicyclic) bond motifs is 2. The van der Waals surface area contributed by atoms with Gasteiger partial charge in [-0.2, -0.15) is 8.78 Å². The maximum Gasteiger partial charge on any atom is 0.221 e. The molecular formula is C14HF9O2. The summed E-state index contributed by atoms with van der Waals surface area (Å²) in [6, 6.07) is 0. The maximum atomic E-state index is 14.5. The molecule has 3 rings (SSSR count). The first-order chi connectivity index (χ1) is 11.6. The van der Waals surface area contributed by atoms with Crippen LogP contribution in [0.15, 0.2) is 0 Å². The van der Waals surface area contributed by atoms with Crippen molar-refractivity contribution in [2.75, 3.05) is 0 Å². The molecule has 0 radical (unpaired) electrons. The van der Waals surface area contributed by atoms with Crippen molar-refractivity contribution < 1.29 is 49.7 Å². The van der Waals surface area contributed by atoms with Gasteiger partial charge in [0.15, 0.2) is 29.0 Å². The van der Waals surface area contributed by atoms with Gasteiger partial charge in [-0.25, -0.2) is 26.3 Å². The molecule has 0 bridgehead atoms. The highest BCUT2D eigenvalue weighted by Gasteiger charge is 2.33. The molecule has 3 aromatic rings. The highest BCUT2D eigenvalue weighted by Crippen LogP contribution is 2.44. The summed E-state index contributed by atoms with van der Waals surface area (Å²) in [5.74, 6) is -22.8. The first-order valence-electron chi connectivity index (χ1n) is 6.09. The van der Waals surface area contributed by atoms with Gasteiger partial charge in [0.1, 0.15) is 11.6 Å². The quantitative estimate of drug-likeness (QED) is 0.367. The minimum Gasteiger partial charge on any atom is -0.504 e. The van der Waals surface area contributed by atoms with Crippen molar-refractivity contribution in [2.24, 2.45) is 0 Å². The average Bonchev–Trinajstić information content (AvgIpc) is 2.58. The predicted molar refractivity (Wildman–Crippen MR) is 64.5 cm³/mol. The fourth-order valence-corrected chi connectivity index (χ4v) is 2.44. The zero-order valence-electron chi connectivity index (χ0n) is 11.3. The molecule has 132 valence electrons.